The molecule has 1 rings (SSSR count). The fourth-order valence-electron chi connectivity index (χ4n) is 2.07. The largest absolute Gasteiger partial charge is 0.467 e. The molecule has 0 aliphatic rings. The first kappa shape index (κ1) is 18.8. The van der Waals surface area contributed by atoms with E-state index in [2.05, 4.69) is 10.4 Å². The molecule has 8 heteroatoms. The first-order valence-corrected chi connectivity index (χ1v) is 7.92. The summed E-state index contributed by atoms with van der Waals surface area (Å²) in [7, 11) is 1.27. The fourth-order valence-corrected chi connectivity index (χ4v) is 2.29. The maximum atomic E-state index is 12.4. The Balaban J connectivity index is 2.90. The maximum Gasteiger partial charge on any atom is 0.331 e. The number of carbonyl (C=O) groups is 2. The van der Waals surface area contributed by atoms with Crippen LogP contribution in [0.5, 0.6) is 0 Å². The number of nitrogens with one attached hydrogen (secondary N) is 1. The SMILES string of the molecule is CCCn1nccc1C(=O)N[C@@](C)(CCC(Cl)Cl)C(=O)OC. The Morgan fingerprint density at radius 1 is 1.50 bits per heavy atom. The zero-order valence-electron chi connectivity index (χ0n) is 12.9. The summed E-state index contributed by atoms with van der Waals surface area (Å²) in [6.07, 6.45) is 3.01. The van der Waals surface area contributed by atoms with Crippen LogP contribution >= 0.6 is 23.2 Å². The Kier molecular flexibility index (Phi) is 7.16. The summed E-state index contributed by atoms with van der Waals surface area (Å²) in [5.41, 5.74) is -0.805. The van der Waals surface area contributed by atoms with Crippen molar-refractivity contribution >= 4 is 35.1 Å². The summed E-state index contributed by atoms with van der Waals surface area (Å²) in [5.74, 6) is -0.934. The molecule has 1 amide bonds. The summed E-state index contributed by atoms with van der Waals surface area (Å²) < 4.78 is 6.38. The van der Waals surface area contributed by atoms with E-state index < -0.39 is 16.3 Å². The minimum absolute atomic E-state index is 0.269. The van der Waals surface area contributed by atoms with E-state index in [0.717, 1.165) is 6.42 Å². The predicted molar refractivity (Wildman–Crippen MR) is 85.1 cm³/mol. The van der Waals surface area contributed by atoms with Crippen molar-refractivity contribution in [2.24, 2.45) is 0 Å². The van der Waals surface area contributed by atoms with E-state index in [1.54, 1.807) is 23.9 Å². The zero-order chi connectivity index (χ0) is 16.8. The molecule has 0 radical (unpaired) electrons. The van der Waals surface area contributed by atoms with Crippen LogP contribution in [0.2, 0.25) is 0 Å². The van der Waals surface area contributed by atoms with Gasteiger partial charge in [0.25, 0.3) is 5.91 Å². The highest BCUT2D eigenvalue weighted by Crippen LogP contribution is 2.20. The van der Waals surface area contributed by atoms with E-state index in [1.807, 2.05) is 6.92 Å². The van der Waals surface area contributed by atoms with Crippen molar-refractivity contribution in [2.45, 2.75) is 50.0 Å². The number of halogens is 2. The van der Waals surface area contributed by atoms with E-state index in [1.165, 1.54) is 7.11 Å². The highest BCUT2D eigenvalue weighted by molar-refractivity contribution is 6.44. The molecule has 6 nitrogen and oxygen atoms in total. The van der Waals surface area contributed by atoms with E-state index in [-0.39, 0.29) is 12.3 Å². The molecule has 1 atom stereocenters. The number of esters is 1. The number of aryl methyl sites for hydroxylation is 1. The minimum Gasteiger partial charge on any atom is -0.467 e. The van der Waals surface area contributed by atoms with Gasteiger partial charge in [-0.05, 0) is 32.3 Å². The predicted octanol–water partition coefficient (Wildman–Crippen LogP) is 2.54. The Morgan fingerprint density at radius 2 is 2.18 bits per heavy atom. The molecule has 1 aromatic heterocycles. The van der Waals surface area contributed by atoms with Crippen LogP contribution in [0, 0.1) is 0 Å². The molecule has 1 N–H and O–H groups in total. The standard InChI is InChI=1S/C14H21Cl2N3O3/c1-4-9-19-10(6-8-17-19)12(20)18-14(2,13(21)22-3)7-5-11(15)16/h6,8,11H,4-5,7,9H2,1-3H3,(H,18,20)/t14-/m0/s1. The third-order valence-electron chi connectivity index (χ3n) is 3.27. The number of hydrogen-bond donors (Lipinski definition) is 1. The molecule has 0 fully saturated rings. The average Bonchev–Trinajstić information content (AvgIpc) is 2.93. The molecule has 0 aromatic carbocycles. The number of aromatic nitrogens is 2. The second-order valence-corrected chi connectivity index (χ2v) is 6.42. The molecule has 1 aromatic rings. The van der Waals surface area contributed by atoms with Crippen LogP contribution in [0.15, 0.2) is 12.3 Å². The summed E-state index contributed by atoms with van der Waals surface area (Å²) in [4.78, 5) is 23.8. The lowest BCUT2D eigenvalue weighted by atomic mass is 9.96. The number of amides is 1. The van der Waals surface area contributed by atoms with Crippen LogP contribution in [-0.2, 0) is 16.1 Å². The fraction of sp³-hybridized carbons (Fsp3) is 0.643. The topological polar surface area (TPSA) is 73.2 Å². The van der Waals surface area contributed by atoms with Crippen molar-refractivity contribution < 1.29 is 14.3 Å². The van der Waals surface area contributed by atoms with Gasteiger partial charge < -0.3 is 10.1 Å². The van der Waals surface area contributed by atoms with Crippen molar-refractivity contribution in [3.8, 4) is 0 Å². The van der Waals surface area contributed by atoms with E-state index >= 15 is 0 Å². The Morgan fingerprint density at radius 3 is 2.73 bits per heavy atom. The van der Waals surface area contributed by atoms with Gasteiger partial charge >= 0.3 is 5.97 Å². The molecule has 0 saturated heterocycles. The second kappa shape index (κ2) is 8.39. The molecule has 22 heavy (non-hydrogen) atoms. The number of rotatable bonds is 8. The number of ether oxygens (including phenoxy) is 1. The maximum absolute atomic E-state index is 12.4. The Hall–Kier alpha value is -1.27. The molecular weight excluding hydrogens is 329 g/mol. The summed E-state index contributed by atoms with van der Waals surface area (Å²) in [6, 6.07) is 1.61. The van der Waals surface area contributed by atoms with Crippen molar-refractivity contribution in [1.82, 2.24) is 15.1 Å². The molecule has 0 aliphatic heterocycles. The summed E-state index contributed by atoms with van der Waals surface area (Å²) >= 11 is 11.4. The van der Waals surface area contributed by atoms with Gasteiger partial charge in [-0.1, -0.05) is 6.92 Å². The Bertz CT molecular complexity index is 519. The zero-order valence-corrected chi connectivity index (χ0v) is 14.4. The second-order valence-electron chi connectivity index (χ2n) is 5.15. The van der Waals surface area contributed by atoms with Gasteiger partial charge in [-0.15, -0.1) is 23.2 Å². The van der Waals surface area contributed by atoms with E-state index in [0.29, 0.717) is 18.7 Å². The van der Waals surface area contributed by atoms with Crippen molar-refractivity contribution in [2.75, 3.05) is 7.11 Å². The first-order chi connectivity index (χ1) is 10.3. The lowest BCUT2D eigenvalue weighted by molar-refractivity contribution is -0.147. The van der Waals surface area contributed by atoms with Gasteiger partial charge in [0.2, 0.25) is 0 Å². The van der Waals surface area contributed by atoms with Gasteiger partial charge in [0.1, 0.15) is 16.1 Å². The molecule has 0 aliphatic carbocycles. The molecular formula is C14H21Cl2N3O3. The molecule has 124 valence electrons. The molecule has 0 bridgehead atoms. The first-order valence-electron chi connectivity index (χ1n) is 7.05. The van der Waals surface area contributed by atoms with Crippen molar-refractivity contribution in [3.63, 3.8) is 0 Å². The summed E-state index contributed by atoms with van der Waals surface area (Å²) in [5, 5.41) is 6.80. The van der Waals surface area contributed by atoms with Crippen LogP contribution in [0.1, 0.15) is 43.6 Å². The van der Waals surface area contributed by atoms with Gasteiger partial charge in [-0.25, -0.2) is 4.79 Å². The van der Waals surface area contributed by atoms with Gasteiger partial charge in [-0.2, -0.15) is 5.10 Å². The third kappa shape index (κ3) is 4.88. The Labute approximate surface area is 140 Å². The lowest BCUT2D eigenvalue weighted by Crippen LogP contribution is -2.53. The van der Waals surface area contributed by atoms with Crippen LogP contribution in [-0.4, -0.2) is 39.1 Å². The van der Waals surface area contributed by atoms with Gasteiger partial charge in [-0.3, -0.25) is 9.48 Å². The smallest absolute Gasteiger partial charge is 0.331 e. The van der Waals surface area contributed by atoms with Gasteiger partial charge in [0, 0.05) is 12.7 Å². The number of methoxy groups -OCH3 is 1. The molecule has 0 saturated carbocycles. The van der Waals surface area contributed by atoms with Crippen LogP contribution in [0.3, 0.4) is 0 Å². The van der Waals surface area contributed by atoms with E-state index in [9.17, 15) is 9.59 Å². The van der Waals surface area contributed by atoms with Crippen molar-refractivity contribution in [3.05, 3.63) is 18.0 Å². The third-order valence-corrected chi connectivity index (χ3v) is 3.71. The lowest BCUT2D eigenvalue weighted by Gasteiger charge is -2.28. The average molecular weight is 350 g/mol. The quantitative estimate of drug-likeness (QED) is 0.578. The molecule has 0 unspecified atom stereocenters. The number of alkyl halides is 2. The normalized spacial score (nSPS) is 13.7. The monoisotopic (exact) mass is 349 g/mol. The minimum atomic E-state index is -1.20. The number of carbonyl (C=O) groups excluding carboxylic acids is 2. The van der Waals surface area contributed by atoms with Gasteiger partial charge in [0.15, 0.2) is 0 Å². The van der Waals surface area contributed by atoms with Gasteiger partial charge in [0.05, 0.1) is 7.11 Å². The van der Waals surface area contributed by atoms with Crippen LogP contribution < -0.4 is 5.32 Å². The van der Waals surface area contributed by atoms with Crippen LogP contribution in [0.4, 0.5) is 0 Å². The molecule has 0 spiro atoms. The number of nitrogens with zero attached hydrogens (tertiary/aromatic N) is 2. The molecule has 1 heterocycles. The van der Waals surface area contributed by atoms with Crippen LogP contribution in [0.25, 0.3) is 0 Å². The van der Waals surface area contributed by atoms with Crippen molar-refractivity contribution in [1.29, 1.82) is 0 Å². The van der Waals surface area contributed by atoms with E-state index in [4.69, 9.17) is 27.9 Å². The highest BCUT2D eigenvalue weighted by Gasteiger charge is 2.37. The summed E-state index contributed by atoms with van der Waals surface area (Å²) in [6.45, 7) is 4.20. The number of hydrogen-bond acceptors (Lipinski definition) is 4. The highest BCUT2D eigenvalue weighted by atomic mass is 35.5.